The van der Waals surface area contributed by atoms with Crippen LogP contribution in [0.15, 0.2) is 54.6 Å². The minimum absolute atomic E-state index is 0. The Balaban J connectivity index is 0.000000902. The van der Waals surface area contributed by atoms with Crippen LogP contribution >= 0.6 is 0 Å². The maximum absolute atomic E-state index is 2.28. The van der Waals surface area contributed by atoms with Gasteiger partial charge in [0.15, 0.2) is 0 Å². The van der Waals surface area contributed by atoms with Crippen molar-refractivity contribution >= 4 is 10.8 Å². The second-order valence-corrected chi connectivity index (χ2v) is 4.66. The summed E-state index contributed by atoms with van der Waals surface area (Å²) < 4.78 is 0. The van der Waals surface area contributed by atoms with Crippen molar-refractivity contribution in [2.45, 2.75) is 13.8 Å². The minimum Gasteiger partial charge on any atom is -0.165 e. The van der Waals surface area contributed by atoms with Crippen LogP contribution in [-0.2, 0) is 52.4 Å². The summed E-state index contributed by atoms with van der Waals surface area (Å²) in [5.41, 5.74) is 5.32. The molecule has 3 rings (SSSR count). The molecule has 0 spiro atoms. The third-order valence-corrected chi connectivity index (χ3v) is 3.33. The number of hydrogen-bond donors (Lipinski definition) is 0. The van der Waals surface area contributed by atoms with Crippen LogP contribution in [0.25, 0.3) is 21.9 Å². The molecule has 3 aromatic rings. The van der Waals surface area contributed by atoms with E-state index in [0.29, 0.717) is 0 Å². The van der Waals surface area contributed by atoms with Crippen LogP contribution < -0.4 is 0 Å². The standard InChI is InChI=1S/C17H15.2Zr/c1-12-10-16-13(2)8-9-15(17(16)11-12)14-6-4-3-5-7-14;;/h3-11H,1-2H3;;/q-1;;. The summed E-state index contributed by atoms with van der Waals surface area (Å²) in [6.45, 7) is 4.34. The van der Waals surface area contributed by atoms with E-state index in [-0.39, 0.29) is 52.4 Å². The zero-order chi connectivity index (χ0) is 11.8. The Morgan fingerprint density at radius 2 is 1.53 bits per heavy atom. The fraction of sp³-hybridized carbons (Fsp3) is 0.118. The van der Waals surface area contributed by atoms with Gasteiger partial charge >= 0.3 is 0 Å². The summed E-state index contributed by atoms with van der Waals surface area (Å²) in [6.07, 6.45) is 0. The van der Waals surface area contributed by atoms with E-state index in [9.17, 15) is 0 Å². The largest absolute Gasteiger partial charge is 0.165 e. The Morgan fingerprint density at radius 3 is 2.21 bits per heavy atom. The van der Waals surface area contributed by atoms with Crippen molar-refractivity contribution in [3.63, 3.8) is 0 Å². The fourth-order valence-electron chi connectivity index (χ4n) is 2.46. The summed E-state index contributed by atoms with van der Waals surface area (Å²) in [4.78, 5) is 0. The molecule has 92 valence electrons. The van der Waals surface area contributed by atoms with Gasteiger partial charge in [-0.2, -0.15) is 6.07 Å². The van der Waals surface area contributed by atoms with Gasteiger partial charge in [-0.25, -0.2) is 0 Å². The van der Waals surface area contributed by atoms with Gasteiger partial charge < -0.3 is 0 Å². The monoisotopic (exact) mass is 399 g/mol. The molecule has 2 heteroatoms. The summed E-state index contributed by atoms with van der Waals surface area (Å²) >= 11 is 0. The Morgan fingerprint density at radius 1 is 0.842 bits per heavy atom. The average molecular weight is 402 g/mol. The molecule has 0 aliphatic carbocycles. The zero-order valence-corrected chi connectivity index (χ0v) is 16.1. The first-order valence-corrected chi connectivity index (χ1v) is 5.98. The number of rotatable bonds is 1. The molecule has 0 aliphatic rings. The van der Waals surface area contributed by atoms with Crippen LogP contribution in [0.1, 0.15) is 11.1 Å². The van der Waals surface area contributed by atoms with Crippen LogP contribution in [0.4, 0.5) is 0 Å². The van der Waals surface area contributed by atoms with Gasteiger partial charge in [0, 0.05) is 52.4 Å². The van der Waals surface area contributed by atoms with Gasteiger partial charge in [0.05, 0.1) is 0 Å². The predicted molar refractivity (Wildman–Crippen MR) is 74.5 cm³/mol. The van der Waals surface area contributed by atoms with Crippen LogP contribution in [-0.4, -0.2) is 0 Å². The number of hydrogen-bond acceptors (Lipinski definition) is 0. The van der Waals surface area contributed by atoms with Crippen LogP contribution in [0.5, 0.6) is 0 Å². The van der Waals surface area contributed by atoms with Gasteiger partial charge in [0.2, 0.25) is 0 Å². The number of fused-ring (bicyclic) bond motifs is 1. The van der Waals surface area contributed by atoms with Gasteiger partial charge in [0.1, 0.15) is 0 Å². The summed E-state index contributed by atoms with van der Waals surface area (Å²) in [5, 5.41) is 2.75. The minimum atomic E-state index is 0. The summed E-state index contributed by atoms with van der Waals surface area (Å²) in [7, 11) is 0. The summed E-state index contributed by atoms with van der Waals surface area (Å²) in [5.74, 6) is 0. The number of aryl methyl sites for hydroxylation is 2. The van der Waals surface area contributed by atoms with Crippen LogP contribution in [0.3, 0.4) is 0 Å². The topological polar surface area (TPSA) is 0 Å². The second kappa shape index (κ2) is 7.01. The first kappa shape index (κ1) is 16.9. The Hall–Kier alpha value is -0.184. The van der Waals surface area contributed by atoms with E-state index in [1.165, 1.54) is 33.0 Å². The number of benzene rings is 2. The molecule has 0 saturated heterocycles. The maximum Gasteiger partial charge on any atom is 0 e. The average Bonchev–Trinajstić information content (AvgIpc) is 2.73. The molecule has 0 amide bonds. The third-order valence-electron chi connectivity index (χ3n) is 3.33. The maximum atomic E-state index is 2.28. The van der Waals surface area contributed by atoms with Gasteiger partial charge in [-0.3, -0.25) is 0 Å². The molecule has 3 aromatic carbocycles. The molecule has 0 N–H and O–H groups in total. The van der Waals surface area contributed by atoms with E-state index >= 15 is 0 Å². The summed E-state index contributed by atoms with van der Waals surface area (Å²) in [6, 6.07) is 19.6. The molecule has 0 aliphatic heterocycles. The van der Waals surface area contributed by atoms with Crippen molar-refractivity contribution < 1.29 is 52.4 Å². The van der Waals surface area contributed by atoms with E-state index in [4.69, 9.17) is 0 Å². The first-order valence-electron chi connectivity index (χ1n) is 5.98. The van der Waals surface area contributed by atoms with Crippen LogP contribution in [0, 0.1) is 13.8 Å². The molecular weight excluding hydrogens is 387 g/mol. The van der Waals surface area contributed by atoms with E-state index in [2.05, 4.69) is 68.4 Å². The molecule has 0 saturated carbocycles. The Kier molecular flexibility index (Phi) is 6.22. The van der Waals surface area contributed by atoms with Crippen LogP contribution in [0.2, 0.25) is 0 Å². The molecule has 0 nitrogen and oxygen atoms in total. The SMILES string of the molecule is Cc1cc2c(-c3ccccc3)ccc(C)c2[cH-]1.[Zr].[Zr]. The molecule has 0 bridgehead atoms. The van der Waals surface area contributed by atoms with Crippen molar-refractivity contribution in [3.05, 3.63) is 65.7 Å². The van der Waals surface area contributed by atoms with Crippen molar-refractivity contribution in [3.8, 4) is 11.1 Å². The van der Waals surface area contributed by atoms with Gasteiger partial charge in [-0.1, -0.05) is 55.8 Å². The van der Waals surface area contributed by atoms with Crippen molar-refractivity contribution in [2.75, 3.05) is 0 Å². The fourth-order valence-corrected chi connectivity index (χ4v) is 2.46. The molecule has 19 heavy (non-hydrogen) atoms. The molecule has 0 fully saturated rings. The van der Waals surface area contributed by atoms with Gasteiger partial charge in [-0.05, 0) is 5.56 Å². The quantitative estimate of drug-likeness (QED) is 0.512. The van der Waals surface area contributed by atoms with Crippen molar-refractivity contribution in [2.24, 2.45) is 0 Å². The second-order valence-electron chi connectivity index (χ2n) is 4.66. The third kappa shape index (κ3) is 3.29. The van der Waals surface area contributed by atoms with Gasteiger partial charge in [0.25, 0.3) is 0 Å². The smallest absolute Gasteiger partial charge is 0 e. The molecule has 0 heterocycles. The van der Waals surface area contributed by atoms with E-state index in [0.717, 1.165) is 0 Å². The molecule has 0 unspecified atom stereocenters. The molecule has 0 aromatic heterocycles. The normalized spacial score (nSPS) is 9.79. The molecule has 0 atom stereocenters. The molecule has 0 radical (unpaired) electrons. The van der Waals surface area contributed by atoms with E-state index in [1.54, 1.807) is 0 Å². The van der Waals surface area contributed by atoms with E-state index in [1.807, 2.05) is 0 Å². The molecular formula is C17H15Zr2-. The first-order chi connectivity index (χ1) is 8.25. The van der Waals surface area contributed by atoms with Crippen molar-refractivity contribution in [1.82, 2.24) is 0 Å². The van der Waals surface area contributed by atoms with Gasteiger partial charge in [-0.15, -0.1) is 34.0 Å². The van der Waals surface area contributed by atoms with Crippen molar-refractivity contribution in [1.29, 1.82) is 0 Å². The predicted octanol–water partition coefficient (Wildman–Crippen LogP) is 4.84. The Bertz CT molecular complexity index is 666. The zero-order valence-electron chi connectivity index (χ0n) is 11.2. The van der Waals surface area contributed by atoms with E-state index < -0.39 is 0 Å². The Labute approximate surface area is 152 Å².